The van der Waals surface area contributed by atoms with Crippen molar-refractivity contribution in [3.63, 3.8) is 0 Å². The molecule has 6 nitrogen and oxygen atoms in total. The summed E-state index contributed by atoms with van der Waals surface area (Å²) in [5.74, 6) is 1.64. The molecule has 7 heteroatoms. The normalized spacial score (nSPS) is 11.5. The summed E-state index contributed by atoms with van der Waals surface area (Å²) in [7, 11) is 0. The van der Waals surface area contributed by atoms with Crippen molar-refractivity contribution in [2.24, 2.45) is 0 Å². The Morgan fingerprint density at radius 1 is 1.24 bits per heavy atom. The van der Waals surface area contributed by atoms with Gasteiger partial charge in [-0.05, 0) is 20.8 Å². The van der Waals surface area contributed by atoms with E-state index in [4.69, 9.17) is 4.52 Å². The number of nitrogens with zero attached hydrogens (tertiary/aromatic N) is 5. The van der Waals surface area contributed by atoms with Crippen molar-refractivity contribution in [2.45, 2.75) is 27.2 Å². The first-order valence-electron chi connectivity index (χ1n) is 5.24. The van der Waals surface area contributed by atoms with Crippen LogP contribution in [0.3, 0.4) is 0 Å². The zero-order chi connectivity index (χ0) is 12.0. The molecule has 3 aromatic rings. The van der Waals surface area contributed by atoms with Gasteiger partial charge in [0.1, 0.15) is 10.8 Å². The molecule has 0 spiro atoms. The molecule has 0 aromatic carbocycles. The van der Waals surface area contributed by atoms with Crippen LogP contribution in [0, 0.1) is 20.8 Å². The maximum Gasteiger partial charge on any atom is 0.234 e. The molecule has 0 radical (unpaired) electrons. The smallest absolute Gasteiger partial charge is 0.234 e. The molecule has 0 bridgehead atoms. The third-order valence-electron chi connectivity index (χ3n) is 2.67. The van der Waals surface area contributed by atoms with E-state index < -0.39 is 0 Å². The highest BCUT2D eigenvalue weighted by atomic mass is 32.1. The van der Waals surface area contributed by atoms with Gasteiger partial charge in [0.2, 0.25) is 4.96 Å². The molecule has 3 aromatic heterocycles. The molecule has 0 fully saturated rings. The van der Waals surface area contributed by atoms with Crippen LogP contribution in [0.4, 0.5) is 0 Å². The van der Waals surface area contributed by atoms with Gasteiger partial charge in [0.15, 0.2) is 5.82 Å². The largest absolute Gasteiger partial charge is 0.361 e. The van der Waals surface area contributed by atoms with E-state index in [0.717, 1.165) is 32.8 Å². The minimum atomic E-state index is 0.644. The third-order valence-corrected chi connectivity index (χ3v) is 3.49. The fourth-order valence-corrected chi connectivity index (χ4v) is 2.48. The first-order chi connectivity index (χ1) is 8.15. The molecule has 0 amide bonds. The van der Waals surface area contributed by atoms with Crippen LogP contribution < -0.4 is 0 Å². The summed E-state index contributed by atoms with van der Waals surface area (Å²) >= 11 is 1.53. The predicted molar refractivity (Wildman–Crippen MR) is 62.2 cm³/mol. The van der Waals surface area contributed by atoms with Crippen molar-refractivity contribution in [1.82, 2.24) is 25.0 Å². The average Bonchev–Trinajstić information content (AvgIpc) is 2.90. The molecule has 3 rings (SSSR count). The van der Waals surface area contributed by atoms with Gasteiger partial charge in [-0.3, -0.25) is 0 Å². The van der Waals surface area contributed by atoms with Crippen LogP contribution in [0.1, 0.15) is 27.8 Å². The van der Waals surface area contributed by atoms with E-state index in [0.29, 0.717) is 6.42 Å². The van der Waals surface area contributed by atoms with Crippen LogP contribution in [-0.2, 0) is 6.42 Å². The quantitative estimate of drug-likeness (QED) is 0.691. The molecule has 0 aliphatic carbocycles. The van der Waals surface area contributed by atoms with E-state index >= 15 is 0 Å². The summed E-state index contributed by atoms with van der Waals surface area (Å²) in [6, 6.07) is 0. The second kappa shape index (κ2) is 3.63. The molecule has 0 atom stereocenters. The molecule has 3 heterocycles. The van der Waals surface area contributed by atoms with Gasteiger partial charge in [0.25, 0.3) is 0 Å². The summed E-state index contributed by atoms with van der Waals surface area (Å²) in [4.78, 5) is 0.823. The van der Waals surface area contributed by atoms with Crippen LogP contribution in [0.5, 0.6) is 0 Å². The van der Waals surface area contributed by atoms with Gasteiger partial charge in [-0.25, -0.2) is 0 Å². The van der Waals surface area contributed by atoms with Crippen LogP contribution >= 0.6 is 11.3 Å². The van der Waals surface area contributed by atoms with E-state index in [1.54, 1.807) is 4.52 Å². The van der Waals surface area contributed by atoms with Crippen molar-refractivity contribution in [3.8, 4) is 0 Å². The Bertz CT molecular complexity index is 661. The second-order valence-corrected chi connectivity index (χ2v) is 5.07. The fourth-order valence-electron chi connectivity index (χ4n) is 1.78. The van der Waals surface area contributed by atoms with E-state index in [1.807, 2.05) is 20.8 Å². The lowest BCUT2D eigenvalue weighted by atomic mass is 10.1. The Morgan fingerprint density at radius 3 is 2.76 bits per heavy atom. The highest BCUT2D eigenvalue weighted by Gasteiger charge is 2.15. The summed E-state index contributed by atoms with van der Waals surface area (Å²) in [5, 5.41) is 17.5. The highest BCUT2D eigenvalue weighted by molar-refractivity contribution is 7.16. The Hall–Kier alpha value is -1.76. The van der Waals surface area contributed by atoms with Gasteiger partial charge in [0.05, 0.1) is 5.69 Å². The number of hydrogen-bond acceptors (Lipinski definition) is 6. The zero-order valence-corrected chi connectivity index (χ0v) is 10.6. The molecular weight excluding hydrogens is 238 g/mol. The van der Waals surface area contributed by atoms with Crippen LogP contribution in [-0.4, -0.2) is 25.0 Å². The Morgan fingerprint density at radius 2 is 2.06 bits per heavy atom. The molecule has 0 aliphatic rings. The van der Waals surface area contributed by atoms with Crippen molar-refractivity contribution in [3.05, 3.63) is 27.8 Å². The molecule has 0 aliphatic heterocycles. The molecule has 0 N–H and O–H groups in total. The molecule has 88 valence electrons. The highest BCUT2D eigenvalue weighted by Crippen LogP contribution is 2.18. The number of aromatic nitrogens is 5. The average molecular weight is 249 g/mol. The maximum atomic E-state index is 5.14. The lowest BCUT2D eigenvalue weighted by molar-refractivity contribution is 0.392. The minimum absolute atomic E-state index is 0.644. The number of aryl methyl sites for hydroxylation is 3. The number of rotatable bonds is 2. The Labute approximate surface area is 101 Å². The van der Waals surface area contributed by atoms with Crippen molar-refractivity contribution in [1.29, 1.82) is 0 Å². The van der Waals surface area contributed by atoms with Crippen LogP contribution in [0.2, 0.25) is 0 Å². The van der Waals surface area contributed by atoms with Gasteiger partial charge in [-0.1, -0.05) is 16.5 Å². The SMILES string of the molecule is Cc1nn2c(Cc3c(C)noc3C)nnc2s1. The standard InChI is InChI=1S/C10H11N5OS/c1-5-8(6(2)16-14-5)4-9-11-12-10-15(9)13-7(3)17-10/h4H2,1-3H3. The van der Waals surface area contributed by atoms with Crippen molar-refractivity contribution >= 4 is 16.3 Å². The first kappa shape index (κ1) is 10.4. The zero-order valence-electron chi connectivity index (χ0n) is 9.76. The van der Waals surface area contributed by atoms with Gasteiger partial charge in [-0.15, -0.1) is 10.2 Å². The molecular formula is C10H11N5OS. The lowest BCUT2D eigenvalue weighted by Gasteiger charge is -1.96. The van der Waals surface area contributed by atoms with Gasteiger partial charge >= 0.3 is 0 Å². The summed E-state index contributed by atoms with van der Waals surface area (Å²) in [5.41, 5.74) is 1.95. The molecule has 0 unspecified atom stereocenters. The summed E-state index contributed by atoms with van der Waals surface area (Å²) < 4.78 is 6.92. The summed E-state index contributed by atoms with van der Waals surface area (Å²) in [6.45, 7) is 5.79. The fraction of sp³-hybridized carbons (Fsp3) is 0.400. The van der Waals surface area contributed by atoms with Crippen LogP contribution in [0.25, 0.3) is 4.96 Å². The maximum absolute atomic E-state index is 5.14. The molecule has 0 saturated heterocycles. The van der Waals surface area contributed by atoms with E-state index in [1.165, 1.54) is 11.3 Å². The lowest BCUT2D eigenvalue weighted by Crippen LogP contribution is -1.99. The Kier molecular flexibility index (Phi) is 2.22. The number of fused-ring (bicyclic) bond motifs is 1. The topological polar surface area (TPSA) is 69.1 Å². The third kappa shape index (κ3) is 1.62. The van der Waals surface area contributed by atoms with Gasteiger partial charge in [-0.2, -0.15) is 9.61 Å². The van der Waals surface area contributed by atoms with E-state index in [9.17, 15) is 0 Å². The first-order valence-corrected chi connectivity index (χ1v) is 6.06. The van der Waals surface area contributed by atoms with Gasteiger partial charge < -0.3 is 4.52 Å². The molecule has 17 heavy (non-hydrogen) atoms. The van der Waals surface area contributed by atoms with Gasteiger partial charge in [0, 0.05) is 12.0 Å². The summed E-state index contributed by atoms with van der Waals surface area (Å²) in [6.07, 6.45) is 0.644. The monoisotopic (exact) mass is 249 g/mol. The minimum Gasteiger partial charge on any atom is -0.361 e. The predicted octanol–water partition coefficient (Wildman–Crippen LogP) is 1.69. The van der Waals surface area contributed by atoms with Crippen molar-refractivity contribution in [2.75, 3.05) is 0 Å². The van der Waals surface area contributed by atoms with Crippen LogP contribution in [0.15, 0.2) is 4.52 Å². The van der Waals surface area contributed by atoms with Crippen molar-refractivity contribution < 1.29 is 4.52 Å². The molecule has 0 saturated carbocycles. The van der Waals surface area contributed by atoms with E-state index in [2.05, 4.69) is 20.5 Å². The Balaban J connectivity index is 2.05. The number of hydrogen-bond donors (Lipinski definition) is 0. The van der Waals surface area contributed by atoms with E-state index in [-0.39, 0.29) is 0 Å². The second-order valence-electron chi connectivity index (χ2n) is 3.91.